The molecule has 4 nitrogen and oxygen atoms in total. The van der Waals surface area contributed by atoms with Gasteiger partial charge in [-0.2, -0.15) is 0 Å². The van der Waals surface area contributed by atoms with Crippen LogP contribution in [0, 0.1) is 0 Å². The van der Waals surface area contributed by atoms with Crippen LogP contribution in [0.15, 0.2) is 23.0 Å². The van der Waals surface area contributed by atoms with Crippen molar-refractivity contribution in [1.82, 2.24) is 9.97 Å². The number of aromatic nitrogens is 2. The Balaban J connectivity index is 2.35. The molecule has 0 radical (unpaired) electrons. The summed E-state index contributed by atoms with van der Waals surface area (Å²) in [5.41, 5.74) is 1.36. The molecule has 0 saturated carbocycles. The predicted molar refractivity (Wildman–Crippen MR) is 58.2 cm³/mol. The fourth-order valence-corrected chi connectivity index (χ4v) is 1.42. The van der Waals surface area contributed by atoms with Crippen LogP contribution in [0.25, 0.3) is 11.0 Å². The van der Waals surface area contributed by atoms with Crippen LogP contribution >= 0.6 is 15.9 Å². The number of fused-ring (bicyclic) bond motifs is 1. The van der Waals surface area contributed by atoms with Gasteiger partial charge < -0.3 is 14.7 Å². The Hall–Kier alpha value is -1.23. The second kappa shape index (κ2) is 3.88. The van der Waals surface area contributed by atoms with Crippen molar-refractivity contribution in [3.8, 4) is 5.75 Å². The molecule has 0 saturated heterocycles. The summed E-state index contributed by atoms with van der Waals surface area (Å²) >= 11 is 3.27. The van der Waals surface area contributed by atoms with Gasteiger partial charge in [-0.05, 0) is 12.1 Å². The zero-order chi connectivity index (χ0) is 9.97. The first kappa shape index (κ1) is 9.33. The van der Waals surface area contributed by atoms with Crippen molar-refractivity contribution in [2.75, 3.05) is 11.9 Å². The second-order valence-corrected chi connectivity index (χ2v) is 3.62. The van der Waals surface area contributed by atoms with E-state index in [1.165, 1.54) is 0 Å². The summed E-state index contributed by atoms with van der Waals surface area (Å²) in [6.45, 7) is 0.611. The molecule has 0 fully saturated rings. The quantitative estimate of drug-likeness (QED) is 0.821. The van der Waals surface area contributed by atoms with Crippen LogP contribution < -0.4 is 10.4 Å². The van der Waals surface area contributed by atoms with Crippen molar-refractivity contribution in [3.63, 3.8) is 0 Å². The highest BCUT2D eigenvalue weighted by molar-refractivity contribution is 9.09. The van der Waals surface area contributed by atoms with E-state index in [-0.39, 0.29) is 5.69 Å². The number of ether oxygens (including phenoxy) is 1. The van der Waals surface area contributed by atoms with Gasteiger partial charge in [0.25, 0.3) is 0 Å². The van der Waals surface area contributed by atoms with Gasteiger partial charge in [-0.25, -0.2) is 4.79 Å². The first-order chi connectivity index (χ1) is 6.79. The van der Waals surface area contributed by atoms with E-state index in [9.17, 15) is 4.79 Å². The highest BCUT2D eigenvalue weighted by Gasteiger charge is 1.99. The van der Waals surface area contributed by atoms with Crippen molar-refractivity contribution in [2.24, 2.45) is 0 Å². The van der Waals surface area contributed by atoms with Gasteiger partial charge in [0, 0.05) is 11.4 Å². The lowest BCUT2D eigenvalue weighted by Crippen LogP contribution is -1.99. The third kappa shape index (κ3) is 1.82. The minimum atomic E-state index is -0.197. The number of aromatic amines is 2. The van der Waals surface area contributed by atoms with Crippen LogP contribution in [-0.2, 0) is 0 Å². The van der Waals surface area contributed by atoms with E-state index >= 15 is 0 Å². The first-order valence-electron chi connectivity index (χ1n) is 4.20. The Morgan fingerprint density at radius 3 is 2.86 bits per heavy atom. The number of nitrogens with one attached hydrogen (secondary N) is 2. The fraction of sp³-hybridized carbons (Fsp3) is 0.222. The lowest BCUT2D eigenvalue weighted by molar-refractivity contribution is 0.345. The number of H-pyrrole nitrogens is 2. The number of imidazole rings is 1. The largest absolute Gasteiger partial charge is 0.493 e. The molecule has 2 aromatic rings. The van der Waals surface area contributed by atoms with Crippen molar-refractivity contribution >= 4 is 27.0 Å². The third-order valence-corrected chi connectivity index (χ3v) is 2.16. The Morgan fingerprint density at radius 2 is 2.07 bits per heavy atom. The molecule has 0 aliphatic heterocycles. The topological polar surface area (TPSA) is 57.9 Å². The summed E-state index contributed by atoms with van der Waals surface area (Å²) in [5.74, 6) is 0.757. The molecule has 5 heteroatoms. The lowest BCUT2D eigenvalue weighted by Gasteiger charge is -2.02. The summed E-state index contributed by atoms with van der Waals surface area (Å²) in [4.78, 5) is 16.3. The van der Waals surface area contributed by atoms with Gasteiger partial charge in [0.05, 0.1) is 17.6 Å². The number of halogens is 1. The van der Waals surface area contributed by atoms with Crippen molar-refractivity contribution < 1.29 is 4.74 Å². The van der Waals surface area contributed by atoms with Crippen LogP contribution in [0.2, 0.25) is 0 Å². The highest BCUT2D eigenvalue weighted by Crippen LogP contribution is 2.16. The number of hydrogen-bond donors (Lipinski definition) is 2. The normalized spacial score (nSPS) is 10.6. The maximum Gasteiger partial charge on any atom is 0.323 e. The SMILES string of the molecule is O=c1[nH]c2ccc(OCCBr)cc2[nH]1. The molecular weight excluding hydrogens is 248 g/mol. The number of alkyl halides is 1. The van der Waals surface area contributed by atoms with Crippen LogP contribution in [0.5, 0.6) is 5.75 Å². The predicted octanol–water partition coefficient (Wildman–Crippen LogP) is 1.63. The highest BCUT2D eigenvalue weighted by atomic mass is 79.9. The molecule has 0 amide bonds. The van der Waals surface area contributed by atoms with E-state index in [2.05, 4.69) is 25.9 Å². The number of benzene rings is 1. The van der Waals surface area contributed by atoms with E-state index in [1.807, 2.05) is 12.1 Å². The molecule has 74 valence electrons. The Bertz CT molecular complexity index is 489. The fourth-order valence-electron chi connectivity index (χ4n) is 1.26. The van der Waals surface area contributed by atoms with E-state index in [0.717, 1.165) is 22.1 Å². The average molecular weight is 257 g/mol. The van der Waals surface area contributed by atoms with E-state index in [0.29, 0.717) is 6.61 Å². The van der Waals surface area contributed by atoms with E-state index < -0.39 is 0 Å². The van der Waals surface area contributed by atoms with Crippen LogP contribution in [0.1, 0.15) is 0 Å². The maximum atomic E-state index is 11.0. The van der Waals surface area contributed by atoms with Crippen LogP contribution in [-0.4, -0.2) is 21.9 Å². The van der Waals surface area contributed by atoms with Gasteiger partial charge in [-0.1, -0.05) is 15.9 Å². The summed E-state index contributed by atoms with van der Waals surface area (Å²) in [7, 11) is 0. The number of hydrogen-bond acceptors (Lipinski definition) is 2. The van der Waals surface area contributed by atoms with Gasteiger partial charge in [0.1, 0.15) is 5.75 Å². The molecular formula is C9H9BrN2O2. The van der Waals surface area contributed by atoms with Gasteiger partial charge in [-0.15, -0.1) is 0 Å². The molecule has 0 aliphatic rings. The van der Waals surface area contributed by atoms with E-state index in [4.69, 9.17) is 4.74 Å². The molecule has 2 N–H and O–H groups in total. The summed E-state index contributed by atoms with van der Waals surface area (Å²) in [5, 5.41) is 0.786. The Kier molecular flexibility index (Phi) is 2.58. The molecule has 1 aromatic carbocycles. The molecule has 1 aromatic heterocycles. The minimum Gasteiger partial charge on any atom is -0.493 e. The van der Waals surface area contributed by atoms with Crippen molar-refractivity contribution in [1.29, 1.82) is 0 Å². The lowest BCUT2D eigenvalue weighted by atomic mass is 10.3. The van der Waals surface area contributed by atoms with Crippen LogP contribution in [0.3, 0.4) is 0 Å². The molecule has 0 spiro atoms. The smallest absolute Gasteiger partial charge is 0.323 e. The zero-order valence-electron chi connectivity index (χ0n) is 7.34. The molecule has 14 heavy (non-hydrogen) atoms. The Morgan fingerprint density at radius 1 is 1.29 bits per heavy atom. The molecule has 0 unspecified atom stereocenters. The summed E-state index contributed by atoms with van der Waals surface area (Å²) in [6, 6.07) is 5.45. The monoisotopic (exact) mass is 256 g/mol. The van der Waals surface area contributed by atoms with Crippen LogP contribution in [0.4, 0.5) is 0 Å². The van der Waals surface area contributed by atoms with Crippen molar-refractivity contribution in [3.05, 3.63) is 28.7 Å². The van der Waals surface area contributed by atoms with Gasteiger partial charge in [0.2, 0.25) is 0 Å². The Labute approximate surface area is 88.4 Å². The second-order valence-electron chi connectivity index (χ2n) is 2.82. The zero-order valence-corrected chi connectivity index (χ0v) is 8.93. The minimum absolute atomic E-state index is 0.197. The summed E-state index contributed by atoms with van der Waals surface area (Å²) < 4.78 is 5.39. The summed E-state index contributed by atoms with van der Waals surface area (Å²) in [6.07, 6.45) is 0. The van der Waals surface area contributed by atoms with Gasteiger partial charge in [-0.3, -0.25) is 0 Å². The van der Waals surface area contributed by atoms with Gasteiger partial charge >= 0.3 is 5.69 Å². The first-order valence-corrected chi connectivity index (χ1v) is 5.32. The molecule has 0 bridgehead atoms. The number of rotatable bonds is 3. The average Bonchev–Trinajstić information content (AvgIpc) is 2.54. The maximum absolute atomic E-state index is 11.0. The molecule has 0 atom stereocenters. The van der Waals surface area contributed by atoms with Crippen molar-refractivity contribution in [2.45, 2.75) is 0 Å². The third-order valence-electron chi connectivity index (χ3n) is 1.83. The molecule has 0 aliphatic carbocycles. The standard InChI is InChI=1S/C9H9BrN2O2/c10-3-4-14-6-1-2-7-8(5-6)12-9(13)11-7/h1-2,5H,3-4H2,(H2,11,12,13). The molecule has 2 rings (SSSR count). The molecule has 1 heterocycles. The van der Waals surface area contributed by atoms with E-state index in [1.54, 1.807) is 6.07 Å². The van der Waals surface area contributed by atoms with Gasteiger partial charge in [0.15, 0.2) is 0 Å².